The van der Waals surface area contributed by atoms with Crippen molar-refractivity contribution in [3.05, 3.63) is 34.3 Å². The fourth-order valence-corrected chi connectivity index (χ4v) is 1.46. The van der Waals surface area contributed by atoms with Gasteiger partial charge in [0.1, 0.15) is 0 Å². The summed E-state index contributed by atoms with van der Waals surface area (Å²) in [6.07, 6.45) is 1.49. The molecule has 0 aliphatic carbocycles. The molecule has 0 amide bonds. The molecule has 0 aliphatic rings. The number of aliphatic hydroxyl groups is 1. The van der Waals surface area contributed by atoms with E-state index in [2.05, 4.69) is 15.9 Å². The van der Waals surface area contributed by atoms with E-state index in [0.717, 1.165) is 10.9 Å². The summed E-state index contributed by atoms with van der Waals surface area (Å²) in [7, 11) is 0. The molecule has 1 aromatic rings. The van der Waals surface area contributed by atoms with Crippen LogP contribution in [0.4, 0.5) is 0 Å². The summed E-state index contributed by atoms with van der Waals surface area (Å²) in [6, 6.07) is 8.15. The van der Waals surface area contributed by atoms with Gasteiger partial charge in [-0.15, -0.1) is 0 Å². The summed E-state index contributed by atoms with van der Waals surface area (Å²) < 4.78 is 1.08. The molecule has 0 radical (unpaired) electrons. The molecule has 0 bridgehead atoms. The lowest BCUT2D eigenvalue weighted by Crippen LogP contribution is -2.23. The lowest BCUT2D eigenvalue weighted by atomic mass is 10.0. The maximum absolute atomic E-state index is 8.67. The van der Waals surface area contributed by atoms with Gasteiger partial charge >= 0.3 is 0 Å². The average molecular weight is 244 g/mol. The van der Waals surface area contributed by atoms with Crippen molar-refractivity contribution in [2.24, 2.45) is 5.73 Å². The third kappa shape index (κ3) is 3.89. The fraction of sp³-hybridized carbons (Fsp3) is 0.400. The lowest BCUT2D eigenvalue weighted by Gasteiger charge is -2.09. The predicted molar refractivity (Wildman–Crippen MR) is 57.5 cm³/mol. The van der Waals surface area contributed by atoms with Crippen LogP contribution in [0.1, 0.15) is 12.0 Å². The van der Waals surface area contributed by atoms with Gasteiger partial charge in [0.2, 0.25) is 0 Å². The van der Waals surface area contributed by atoms with E-state index in [1.165, 1.54) is 5.56 Å². The van der Waals surface area contributed by atoms with Gasteiger partial charge in [-0.2, -0.15) is 0 Å². The number of rotatable bonds is 4. The molecule has 72 valence electrons. The molecule has 0 heterocycles. The first-order valence-electron chi connectivity index (χ1n) is 4.33. The lowest BCUT2D eigenvalue weighted by molar-refractivity contribution is 0.275. The van der Waals surface area contributed by atoms with Crippen molar-refractivity contribution in [1.29, 1.82) is 0 Å². The van der Waals surface area contributed by atoms with Crippen LogP contribution in [0.25, 0.3) is 0 Å². The predicted octanol–water partition coefficient (Wildman–Crippen LogP) is 1.70. The van der Waals surface area contributed by atoms with Gasteiger partial charge < -0.3 is 10.8 Å². The third-order valence-corrected chi connectivity index (χ3v) is 2.44. The Labute approximate surface area is 86.9 Å². The van der Waals surface area contributed by atoms with Crippen LogP contribution >= 0.6 is 15.9 Å². The zero-order valence-electron chi connectivity index (χ0n) is 7.41. The van der Waals surface area contributed by atoms with Gasteiger partial charge in [-0.3, -0.25) is 0 Å². The number of benzene rings is 1. The summed E-state index contributed by atoms with van der Waals surface area (Å²) in [5, 5.41) is 8.67. The van der Waals surface area contributed by atoms with Crippen LogP contribution in [0.2, 0.25) is 0 Å². The van der Waals surface area contributed by atoms with Gasteiger partial charge in [0.05, 0.1) is 0 Å². The molecule has 1 rings (SSSR count). The van der Waals surface area contributed by atoms with Crippen LogP contribution in [0.5, 0.6) is 0 Å². The molecule has 0 saturated heterocycles. The zero-order valence-corrected chi connectivity index (χ0v) is 9.00. The first-order valence-corrected chi connectivity index (χ1v) is 5.12. The molecule has 3 N–H and O–H groups in total. The summed E-state index contributed by atoms with van der Waals surface area (Å²) in [5.74, 6) is 0. The molecule has 0 spiro atoms. The highest BCUT2D eigenvalue weighted by atomic mass is 79.9. The van der Waals surface area contributed by atoms with E-state index >= 15 is 0 Å². The molecule has 1 unspecified atom stereocenters. The first kappa shape index (κ1) is 10.7. The van der Waals surface area contributed by atoms with Gasteiger partial charge in [-0.25, -0.2) is 0 Å². The smallest absolute Gasteiger partial charge is 0.0445 e. The number of aliphatic hydroxyl groups excluding tert-OH is 1. The zero-order chi connectivity index (χ0) is 9.68. The average Bonchev–Trinajstić information content (AvgIpc) is 2.09. The maximum Gasteiger partial charge on any atom is 0.0445 e. The van der Waals surface area contributed by atoms with Crippen molar-refractivity contribution in [1.82, 2.24) is 0 Å². The van der Waals surface area contributed by atoms with Gasteiger partial charge in [0.25, 0.3) is 0 Å². The Morgan fingerprint density at radius 2 is 1.92 bits per heavy atom. The molecule has 0 aliphatic heterocycles. The molecule has 2 nitrogen and oxygen atoms in total. The largest absolute Gasteiger partial charge is 0.396 e. The fourth-order valence-electron chi connectivity index (χ4n) is 1.19. The highest BCUT2D eigenvalue weighted by molar-refractivity contribution is 9.10. The van der Waals surface area contributed by atoms with Crippen molar-refractivity contribution in [3.8, 4) is 0 Å². The number of nitrogens with two attached hydrogens (primary N) is 1. The number of hydrogen-bond acceptors (Lipinski definition) is 2. The topological polar surface area (TPSA) is 46.2 Å². The van der Waals surface area contributed by atoms with Gasteiger partial charge in [-0.1, -0.05) is 28.1 Å². The molecular weight excluding hydrogens is 230 g/mol. The Kier molecular flexibility index (Phi) is 4.42. The van der Waals surface area contributed by atoms with E-state index in [0.29, 0.717) is 6.42 Å². The van der Waals surface area contributed by atoms with Crippen LogP contribution in [0.15, 0.2) is 28.7 Å². The minimum Gasteiger partial charge on any atom is -0.396 e. The van der Waals surface area contributed by atoms with Gasteiger partial charge in [-0.05, 0) is 30.5 Å². The van der Waals surface area contributed by atoms with Crippen LogP contribution in [-0.4, -0.2) is 17.8 Å². The summed E-state index contributed by atoms with van der Waals surface area (Å²) in [5.41, 5.74) is 6.99. The Morgan fingerprint density at radius 3 is 2.46 bits per heavy atom. The standard InChI is InChI=1S/C10H14BrNO/c11-9-3-1-8(2-4-9)7-10(12)5-6-13/h1-4,10,13H,5-7,12H2. The minimum absolute atomic E-state index is 0.0613. The number of halogens is 1. The first-order chi connectivity index (χ1) is 6.22. The van der Waals surface area contributed by atoms with E-state index in [1.54, 1.807) is 0 Å². The molecular formula is C10H14BrNO. The van der Waals surface area contributed by atoms with E-state index in [4.69, 9.17) is 10.8 Å². The molecule has 1 atom stereocenters. The van der Waals surface area contributed by atoms with Crippen LogP contribution in [-0.2, 0) is 6.42 Å². The van der Waals surface area contributed by atoms with E-state index in [-0.39, 0.29) is 12.6 Å². The van der Waals surface area contributed by atoms with Crippen LogP contribution < -0.4 is 5.73 Å². The van der Waals surface area contributed by atoms with Crippen molar-refractivity contribution in [3.63, 3.8) is 0 Å². The summed E-state index contributed by atoms with van der Waals surface area (Å²) in [4.78, 5) is 0. The molecule has 0 fully saturated rings. The van der Waals surface area contributed by atoms with E-state index in [1.807, 2.05) is 24.3 Å². The second-order valence-electron chi connectivity index (χ2n) is 3.10. The second-order valence-corrected chi connectivity index (χ2v) is 4.02. The van der Waals surface area contributed by atoms with Crippen molar-refractivity contribution in [2.75, 3.05) is 6.61 Å². The quantitative estimate of drug-likeness (QED) is 0.846. The third-order valence-electron chi connectivity index (χ3n) is 1.91. The molecule has 0 aromatic heterocycles. The van der Waals surface area contributed by atoms with E-state index < -0.39 is 0 Å². The normalized spacial score (nSPS) is 12.8. The van der Waals surface area contributed by atoms with Crippen LogP contribution in [0, 0.1) is 0 Å². The molecule has 1 aromatic carbocycles. The van der Waals surface area contributed by atoms with Crippen molar-refractivity contribution >= 4 is 15.9 Å². The summed E-state index contributed by atoms with van der Waals surface area (Å²) in [6.45, 7) is 0.164. The molecule has 13 heavy (non-hydrogen) atoms. The van der Waals surface area contributed by atoms with Crippen molar-refractivity contribution in [2.45, 2.75) is 18.9 Å². The highest BCUT2D eigenvalue weighted by Crippen LogP contribution is 2.11. The number of hydrogen-bond donors (Lipinski definition) is 2. The SMILES string of the molecule is NC(CCO)Cc1ccc(Br)cc1. The summed E-state index contributed by atoms with van der Waals surface area (Å²) >= 11 is 3.37. The van der Waals surface area contributed by atoms with Crippen LogP contribution in [0.3, 0.4) is 0 Å². The van der Waals surface area contributed by atoms with E-state index in [9.17, 15) is 0 Å². The Bertz CT molecular complexity index is 248. The Morgan fingerprint density at radius 1 is 1.31 bits per heavy atom. The van der Waals surface area contributed by atoms with Gasteiger partial charge in [0, 0.05) is 17.1 Å². The van der Waals surface area contributed by atoms with Crippen molar-refractivity contribution < 1.29 is 5.11 Å². The minimum atomic E-state index is 0.0613. The Hall–Kier alpha value is -0.380. The Balaban J connectivity index is 2.49. The maximum atomic E-state index is 8.67. The molecule has 3 heteroatoms. The second kappa shape index (κ2) is 5.37. The monoisotopic (exact) mass is 243 g/mol. The van der Waals surface area contributed by atoms with Gasteiger partial charge in [0.15, 0.2) is 0 Å². The highest BCUT2D eigenvalue weighted by Gasteiger charge is 2.02. The molecule has 0 saturated carbocycles.